The second kappa shape index (κ2) is 11.4. The molecule has 1 amide bonds. The fourth-order valence-electron chi connectivity index (χ4n) is 4.31. The van der Waals surface area contributed by atoms with Crippen molar-refractivity contribution in [2.45, 2.75) is 26.0 Å². The van der Waals surface area contributed by atoms with Crippen molar-refractivity contribution < 1.29 is 24.2 Å². The quantitative estimate of drug-likeness (QED) is 0.175. The van der Waals surface area contributed by atoms with Crippen LogP contribution < -0.4 is 4.74 Å². The number of carbonyl (C=O) groups is 2. The fourth-order valence-corrected chi connectivity index (χ4v) is 4.44. The van der Waals surface area contributed by atoms with E-state index in [0.29, 0.717) is 48.1 Å². The summed E-state index contributed by atoms with van der Waals surface area (Å²) in [5.41, 5.74) is 3.37. The summed E-state index contributed by atoms with van der Waals surface area (Å²) in [6.07, 6.45) is 0.556. The van der Waals surface area contributed by atoms with E-state index in [-0.39, 0.29) is 11.3 Å². The number of benzene rings is 3. The predicted molar refractivity (Wildman–Crippen MR) is 139 cm³/mol. The Hall–Kier alpha value is -3.61. The minimum Gasteiger partial charge on any atom is -0.507 e. The summed E-state index contributed by atoms with van der Waals surface area (Å²) < 4.78 is 11.0. The number of methoxy groups -OCH3 is 1. The first-order chi connectivity index (χ1) is 17.4. The van der Waals surface area contributed by atoms with Crippen LogP contribution in [0.25, 0.3) is 5.76 Å². The molecule has 1 fully saturated rings. The average Bonchev–Trinajstić information content (AvgIpc) is 3.13. The zero-order valence-electron chi connectivity index (χ0n) is 20.2. The van der Waals surface area contributed by atoms with Crippen LogP contribution >= 0.6 is 11.6 Å². The van der Waals surface area contributed by atoms with Gasteiger partial charge in [0.05, 0.1) is 11.6 Å². The van der Waals surface area contributed by atoms with Crippen molar-refractivity contribution in [3.63, 3.8) is 0 Å². The van der Waals surface area contributed by atoms with Crippen LogP contribution in [0.3, 0.4) is 0 Å². The number of aliphatic hydroxyl groups excluding tert-OH is 1. The molecule has 1 heterocycles. The number of halogens is 1. The van der Waals surface area contributed by atoms with Crippen LogP contribution in [0, 0.1) is 6.92 Å². The second-order valence-corrected chi connectivity index (χ2v) is 9.13. The standard InChI is InChI=1S/C29H28ClNO5/c1-19-5-3-6-20(17-19)18-36-24-13-9-22(10-14-24)27(32)25-26(21-7-11-23(30)12-8-21)31(15-4-16-35-2)29(34)28(25)33/h3,5-14,17,26,32H,4,15-16,18H2,1-2H3/t26-/m0/s1. The van der Waals surface area contributed by atoms with Crippen molar-refractivity contribution in [3.8, 4) is 5.75 Å². The highest BCUT2D eigenvalue weighted by Crippen LogP contribution is 2.40. The Morgan fingerprint density at radius 3 is 2.42 bits per heavy atom. The summed E-state index contributed by atoms with van der Waals surface area (Å²) >= 11 is 6.06. The van der Waals surface area contributed by atoms with Crippen molar-refractivity contribution in [2.24, 2.45) is 0 Å². The van der Waals surface area contributed by atoms with Gasteiger partial charge in [0.15, 0.2) is 0 Å². The first-order valence-corrected chi connectivity index (χ1v) is 12.1. The number of amides is 1. The molecule has 1 aliphatic rings. The van der Waals surface area contributed by atoms with E-state index in [4.69, 9.17) is 21.1 Å². The van der Waals surface area contributed by atoms with E-state index in [1.165, 1.54) is 4.90 Å². The third kappa shape index (κ3) is 5.61. The number of hydrogen-bond acceptors (Lipinski definition) is 5. The molecule has 6 nitrogen and oxygen atoms in total. The predicted octanol–water partition coefficient (Wildman–Crippen LogP) is 5.69. The molecular weight excluding hydrogens is 478 g/mol. The van der Waals surface area contributed by atoms with Gasteiger partial charge in [-0.2, -0.15) is 0 Å². The SMILES string of the molecule is COCCCN1C(=O)C(=O)C(=C(O)c2ccc(OCc3cccc(C)c3)cc2)[C@@H]1c1ccc(Cl)cc1. The maximum absolute atomic E-state index is 13.1. The summed E-state index contributed by atoms with van der Waals surface area (Å²) in [5.74, 6) is -0.967. The van der Waals surface area contributed by atoms with Gasteiger partial charge in [-0.3, -0.25) is 9.59 Å². The zero-order chi connectivity index (χ0) is 25.7. The van der Waals surface area contributed by atoms with Gasteiger partial charge in [-0.25, -0.2) is 0 Å². The van der Waals surface area contributed by atoms with Crippen LogP contribution in [0.4, 0.5) is 0 Å². The van der Waals surface area contributed by atoms with Gasteiger partial charge in [0.25, 0.3) is 11.7 Å². The van der Waals surface area contributed by atoms with Gasteiger partial charge < -0.3 is 19.5 Å². The van der Waals surface area contributed by atoms with Crippen molar-refractivity contribution in [2.75, 3.05) is 20.3 Å². The molecule has 0 unspecified atom stereocenters. The van der Waals surface area contributed by atoms with Crippen molar-refractivity contribution in [1.29, 1.82) is 0 Å². The first kappa shape index (κ1) is 25.5. The van der Waals surface area contributed by atoms with Crippen LogP contribution in [-0.4, -0.2) is 42.0 Å². The first-order valence-electron chi connectivity index (χ1n) is 11.7. The fraction of sp³-hybridized carbons (Fsp3) is 0.241. The Morgan fingerprint density at radius 1 is 1.03 bits per heavy atom. The van der Waals surface area contributed by atoms with E-state index in [9.17, 15) is 14.7 Å². The molecule has 3 aromatic carbocycles. The number of ketones is 1. The van der Waals surface area contributed by atoms with E-state index >= 15 is 0 Å². The van der Waals surface area contributed by atoms with E-state index in [2.05, 4.69) is 6.07 Å². The molecule has 4 rings (SSSR count). The maximum atomic E-state index is 13.1. The minimum atomic E-state index is -0.726. The number of hydrogen-bond donors (Lipinski definition) is 1. The van der Waals surface area contributed by atoms with Crippen LogP contribution in [0.2, 0.25) is 5.02 Å². The second-order valence-electron chi connectivity index (χ2n) is 8.69. The Balaban J connectivity index is 1.62. The van der Waals surface area contributed by atoms with Gasteiger partial charge in [0, 0.05) is 30.8 Å². The molecule has 1 atom stereocenters. The zero-order valence-corrected chi connectivity index (χ0v) is 21.0. The van der Waals surface area contributed by atoms with Crippen LogP contribution in [0.1, 0.15) is 34.7 Å². The number of ether oxygens (including phenoxy) is 2. The molecule has 0 saturated carbocycles. The summed E-state index contributed by atoms with van der Waals surface area (Å²) in [7, 11) is 1.58. The minimum absolute atomic E-state index is 0.0492. The Labute approximate surface area is 215 Å². The van der Waals surface area contributed by atoms with E-state index in [0.717, 1.165) is 11.1 Å². The monoisotopic (exact) mass is 505 g/mol. The lowest BCUT2D eigenvalue weighted by molar-refractivity contribution is -0.140. The van der Waals surface area contributed by atoms with Crippen molar-refractivity contribution in [3.05, 3.63) is 106 Å². The van der Waals surface area contributed by atoms with E-state index < -0.39 is 17.7 Å². The molecule has 7 heteroatoms. The summed E-state index contributed by atoms with van der Waals surface area (Å²) in [5, 5.41) is 11.7. The molecule has 0 spiro atoms. The van der Waals surface area contributed by atoms with E-state index in [1.807, 2.05) is 25.1 Å². The number of aliphatic hydroxyl groups is 1. The normalized spacial score (nSPS) is 17.0. The average molecular weight is 506 g/mol. The van der Waals surface area contributed by atoms with Gasteiger partial charge >= 0.3 is 0 Å². The molecule has 3 aromatic rings. The summed E-state index contributed by atoms with van der Waals surface area (Å²) in [6.45, 7) is 3.20. The Morgan fingerprint density at radius 2 is 1.75 bits per heavy atom. The lowest BCUT2D eigenvalue weighted by atomic mass is 9.95. The molecule has 1 saturated heterocycles. The highest BCUT2D eigenvalue weighted by Gasteiger charge is 2.45. The van der Waals surface area contributed by atoms with Crippen molar-refractivity contribution in [1.82, 2.24) is 4.90 Å². The topological polar surface area (TPSA) is 76.1 Å². The molecular formula is C29H28ClNO5. The van der Waals surface area contributed by atoms with E-state index in [1.54, 1.807) is 55.6 Å². The largest absolute Gasteiger partial charge is 0.507 e. The number of rotatable bonds is 9. The number of likely N-dealkylation sites (tertiary alicyclic amines) is 1. The lowest BCUT2D eigenvalue weighted by Gasteiger charge is -2.25. The third-order valence-corrected chi connectivity index (χ3v) is 6.34. The molecule has 1 aliphatic heterocycles. The molecule has 0 bridgehead atoms. The number of Topliss-reactive ketones (excluding diaryl/α,β-unsaturated/α-hetero) is 1. The summed E-state index contributed by atoms with van der Waals surface area (Å²) in [6, 6.07) is 21.1. The molecule has 36 heavy (non-hydrogen) atoms. The number of aryl methyl sites for hydroxylation is 1. The lowest BCUT2D eigenvalue weighted by Crippen LogP contribution is -2.31. The molecule has 0 aliphatic carbocycles. The molecule has 0 radical (unpaired) electrons. The van der Waals surface area contributed by atoms with Gasteiger partial charge in [-0.1, -0.05) is 53.6 Å². The van der Waals surface area contributed by atoms with Gasteiger partial charge in [0.2, 0.25) is 0 Å². The maximum Gasteiger partial charge on any atom is 0.295 e. The van der Waals surface area contributed by atoms with Crippen molar-refractivity contribution >= 4 is 29.1 Å². The number of carbonyl (C=O) groups excluding carboxylic acids is 2. The Kier molecular flexibility index (Phi) is 8.08. The smallest absolute Gasteiger partial charge is 0.295 e. The summed E-state index contributed by atoms with van der Waals surface area (Å²) in [4.78, 5) is 27.5. The van der Waals surface area contributed by atoms with Crippen LogP contribution in [0.15, 0.2) is 78.4 Å². The number of nitrogens with zero attached hydrogens (tertiary/aromatic N) is 1. The molecule has 1 N–H and O–H groups in total. The highest BCUT2D eigenvalue weighted by molar-refractivity contribution is 6.46. The van der Waals surface area contributed by atoms with Gasteiger partial charge in [0.1, 0.15) is 18.1 Å². The Bertz CT molecular complexity index is 1270. The highest BCUT2D eigenvalue weighted by atomic mass is 35.5. The van der Waals surface area contributed by atoms with Gasteiger partial charge in [-0.05, 0) is 60.9 Å². The molecule has 0 aromatic heterocycles. The van der Waals surface area contributed by atoms with Crippen LogP contribution in [0.5, 0.6) is 5.75 Å². The third-order valence-electron chi connectivity index (χ3n) is 6.09. The van der Waals surface area contributed by atoms with Crippen LogP contribution in [-0.2, 0) is 20.9 Å². The molecule has 186 valence electrons. The van der Waals surface area contributed by atoms with Gasteiger partial charge in [-0.15, -0.1) is 0 Å².